The van der Waals surface area contributed by atoms with Crippen LogP contribution < -0.4 is 5.43 Å². The van der Waals surface area contributed by atoms with Crippen LogP contribution in [-0.2, 0) is 0 Å². The highest BCUT2D eigenvalue weighted by Crippen LogP contribution is 2.16. The van der Waals surface area contributed by atoms with Crippen molar-refractivity contribution in [2.75, 3.05) is 0 Å². The van der Waals surface area contributed by atoms with Gasteiger partial charge in [0, 0.05) is 16.7 Å². The standard InChI is InChI=1S/C10H6BrClN2O/c11-9-5-8(15)10(14-13-9)6-1-3-7(12)4-2-6/h1-5H,(H,13,15). The van der Waals surface area contributed by atoms with Crippen LogP contribution in [0.4, 0.5) is 0 Å². The number of hydrogen-bond acceptors (Lipinski definition) is 2. The van der Waals surface area contributed by atoms with Crippen LogP contribution in [0.2, 0.25) is 5.02 Å². The van der Waals surface area contributed by atoms with E-state index >= 15 is 0 Å². The number of nitrogens with one attached hydrogen (secondary N) is 1. The summed E-state index contributed by atoms with van der Waals surface area (Å²) in [5.41, 5.74) is 0.992. The maximum absolute atomic E-state index is 11.6. The van der Waals surface area contributed by atoms with Crippen molar-refractivity contribution in [3.63, 3.8) is 0 Å². The number of rotatable bonds is 1. The van der Waals surface area contributed by atoms with Gasteiger partial charge in [0.1, 0.15) is 10.3 Å². The average Bonchev–Trinajstić information content (AvgIpc) is 2.20. The Bertz CT molecular complexity index is 536. The first-order valence-corrected chi connectivity index (χ1v) is 5.35. The smallest absolute Gasteiger partial charge is 0.209 e. The van der Waals surface area contributed by atoms with Crippen molar-refractivity contribution in [3.8, 4) is 11.3 Å². The highest BCUT2D eigenvalue weighted by atomic mass is 79.9. The molecule has 1 aromatic heterocycles. The molecule has 0 bridgehead atoms. The third-order valence-electron chi connectivity index (χ3n) is 1.88. The number of aromatic amines is 1. The molecule has 1 N–H and O–H groups in total. The number of hydrogen-bond donors (Lipinski definition) is 1. The van der Waals surface area contributed by atoms with Crippen LogP contribution in [0.1, 0.15) is 0 Å². The van der Waals surface area contributed by atoms with Crippen molar-refractivity contribution < 1.29 is 0 Å². The van der Waals surface area contributed by atoms with E-state index in [1.807, 2.05) is 0 Å². The second-order valence-electron chi connectivity index (χ2n) is 2.94. The highest BCUT2D eigenvalue weighted by Gasteiger charge is 2.04. The van der Waals surface area contributed by atoms with Crippen molar-refractivity contribution in [2.24, 2.45) is 0 Å². The van der Waals surface area contributed by atoms with Gasteiger partial charge in [-0.3, -0.25) is 9.89 Å². The largest absolute Gasteiger partial charge is 0.287 e. The molecule has 0 aliphatic heterocycles. The Morgan fingerprint density at radius 1 is 1.27 bits per heavy atom. The molecule has 1 aromatic carbocycles. The van der Waals surface area contributed by atoms with Crippen LogP contribution in [0.25, 0.3) is 11.3 Å². The Hall–Kier alpha value is -1.13. The zero-order valence-electron chi connectivity index (χ0n) is 7.50. The third-order valence-corrected chi connectivity index (χ3v) is 2.54. The van der Waals surface area contributed by atoms with E-state index in [1.165, 1.54) is 6.07 Å². The van der Waals surface area contributed by atoms with Gasteiger partial charge in [-0.15, -0.1) is 0 Å². The molecule has 76 valence electrons. The summed E-state index contributed by atoms with van der Waals surface area (Å²) in [6.07, 6.45) is 0. The van der Waals surface area contributed by atoms with Crippen LogP contribution >= 0.6 is 27.5 Å². The van der Waals surface area contributed by atoms with E-state index in [2.05, 4.69) is 26.1 Å². The molecule has 0 saturated carbocycles. The second-order valence-corrected chi connectivity index (χ2v) is 4.23. The lowest BCUT2D eigenvalue weighted by atomic mass is 10.1. The summed E-state index contributed by atoms with van der Waals surface area (Å²) >= 11 is 8.89. The van der Waals surface area contributed by atoms with Gasteiger partial charge in [0.15, 0.2) is 0 Å². The van der Waals surface area contributed by atoms with Crippen LogP contribution in [0.15, 0.2) is 39.7 Å². The Morgan fingerprint density at radius 3 is 2.53 bits per heavy atom. The summed E-state index contributed by atoms with van der Waals surface area (Å²) in [7, 11) is 0. The lowest BCUT2D eigenvalue weighted by Gasteiger charge is -1.99. The van der Waals surface area contributed by atoms with E-state index < -0.39 is 0 Å². The van der Waals surface area contributed by atoms with Gasteiger partial charge in [-0.25, -0.2) is 0 Å². The monoisotopic (exact) mass is 284 g/mol. The van der Waals surface area contributed by atoms with Crippen LogP contribution in [0.5, 0.6) is 0 Å². The summed E-state index contributed by atoms with van der Waals surface area (Å²) in [4.78, 5) is 11.6. The molecule has 15 heavy (non-hydrogen) atoms. The Balaban J connectivity index is 2.55. The number of aromatic nitrogens is 2. The summed E-state index contributed by atoms with van der Waals surface area (Å²) < 4.78 is 0.560. The van der Waals surface area contributed by atoms with Crippen LogP contribution in [0, 0.1) is 0 Å². The number of halogens is 2. The second kappa shape index (κ2) is 4.16. The molecular formula is C10H6BrClN2O. The molecule has 0 aliphatic carbocycles. The quantitative estimate of drug-likeness (QED) is 0.876. The van der Waals surface area contributed by atoms with Gasteiger partial charge in [0.05, 0.1) is 0 Å². The van der Waals surface area contributed by atoms with Crippen molar-refractivity contribution in [1.82, 2.24) is 10.2 Å². The first kappa shape index (κ1) is 10.4. The summed E-state index contributed by atoms with van der Waals surface area (Å²) in [6.45, 7) is 0. The SMILES string of the molecule is O=c1cc(Br)[nH]nc1-c1ccc(Cl)cc1. The van der Waals surface area contributed by atoms with E-state index in [-0.39, 0.29) is 5.43 Å². The fraction of sp³-hybridized carbons (Fsp3) is 0. The predicted octanol–water partition coefficient (Wildman–Crippen LogP) is 2.85. The van der Waals surface area contributed by atoms with Crippen LogP contribution in [-0.4, -0.2) is 10.2 Å². The minimum absolute atomic E-state index is 0.136. The van der Waals surface area contributed by atoms with E-state index in [9.17, 15) is 4.79 Å². The molecule has 1 heterocycles. The number of benzene rings is 1. The van der Waals surface area contributed by atoms with Gasteiger partial charge in [-0.05, 0) is 28.1 Å². The topological polar surface area (TPSA) is 45.8 Å². The minimum atomic E-state index is -0.136. The van der Waals surface area contributed by atoms with E-state index in [0.717, 1.165) is 5.56 Å². The van der Waals surface area contributed by atoms with Crippen molar-refractivity contribution in [1.29, 1.82) is 0 Å². The van der Waals surface area contributed by atoms with Gasteiger partial charge in [-0.1, -0.05) is 23.7 Å². The van der Waals surface area contributed by atoms with Crippen molar-refractivity contribution in [2.45, 2.75) is 0 Å². The molecule has 0 aliphatic rings. The summed E-state index contributed by atoms with van der Waals surface area (Å²) in [5.74, 6) is 0. The molecule has 5 heteroatoms. The molecule has 0 unspecified atom stereocenters. The third kappa shape index (κ3) is 2.27. The fourth-order valence-corrected chi connectivity index (χ4v) is 1.62. The maximum Gasteiger partial charge on any atom is 0.209 e. The predicted molar refractivity (Wildman–Crippen MR) is 63.0 cm³/mol. The Morgan fingerprint density at radius 2 is 1.93 bits per heavy atom. The molecule has 0 saturated heterocycles. The first-order valence-electron chi connectivity index (χ1n) is 4.18. The van der Waals surface area contributed by atoms with Gasteiger partial charge in [0.2, 0.25) is 5.43 Å². The van der Waals surface area contributed by atoms with Gasteiger partial charge in [-0.2, -0.15) is 5.10 Å². The molecule has 0 fully saturated rings. The molecular weight excluding hydrogens is 279 g/mol. The molecule has 0 amide bonds. The fourth-order valence-electron chi connectivity index (χ4n) is 1.19. The minimum Gasteiger partial charge on any atom is -0.287 e. The highest BCUT2D eigenvalue weighted by molar-refractivity contribution is 9.10. The van der Waals surface area contributed by atoms with Crippen molar-refractivity contribution >= 4 is 27.5 Å². The molecule has 0 atom stereocenters. The summed E-state index contributed by atoms with van der Waals surface area (Å²) in [6, 6.07) is 8.40. The number of nitrogens with zero attached hydrogens (tertiary/aromatic N) is 1. The normalized spacial score (nSPS) is 10.3. The Labute approximate surface area is 99.2 Å². The molecule has 2 rings (SSSR count). The molecule has 2 aromatic rings. The maximum atomic E-state index is 11.6. The first-order chi connectivity index (χ1) is 7.16. The number of H-pyrrole nitrogens is 1. The van der Waals surface area contributed by atoms with Gasteiger partial charge < -0.3 is 0 Å². The molecule has 0 spiro atoms. The average molecular weight is 286 g/mol. The molecule has 0 radical (unpaired) electrons. The Kier molecular flexibility index (Phi) is 2.88. The lowest BCUT2D eigenvalue weighted by molar-refractivity contribution is 1.000. The van der Waals surface area contributed by atoms with E-state index in [0.29, 0.717) is 15.3 Å². The molecule has 3 nitrogen and oxygen atoms in total. The van der Waals surface area contributed by atoms with Gasteiger partial charge in [0.25, 0.3) is 0 Å². The summed E-state index contributed by atoms with van der Waals surface area (Å²) in [5, 5.41) is 7.27. The van der Waals surface area contributed by atoms with Crippen LogP contribution in [0.3, 0.4) is 0 Å². The van der Waals surface area contributed by atoms with E-state index in [1.54, 1.807) is 24.3 Å². The van der Waals surface area contributed by atoms with Crippen molar-refractivity contribution in [3.05, 3.63) is 50.2 Å². The zero-order valence-corrected chi connectivity index (χ0v) is 9.84. The van der Waals surface area contributed by atoms with E-state index in [4.69, 9.17) is 11.6 Å². The zero-order chi connectivity index (χ0) is 10.8. The van der Waals surface area contributed by atoms with Gasteiger partial charge >= 0.3 is 0 Å². The lowest BCUT2D eigenvalue weighted by Crippen LogP contribution is -2.07.